The number of nitrogens with zero attached hydrogens (tertiary/aromatic N) is 2. The first kappa shape index (κ1) is 20.3. The number of phenols is 1. The summed E-state index contributed by atoms with van der Waals surface area (Å²) in [5.74, 6) is -0.213. The Morgan fingerprint density at radius 3 is 2.61 bits per heavy atom. The van der Waals surface area contributed by atoms with Gasteiger partial charge >= 0.3 is 5.97 Å². The van der Waals surface area contributed by atoms with E-state index in [9.17, 15) is 9.90 Å². The molecule has 0 unspecified atom stereocenters. The molecule has 4 aromatic rings. The smallest absolute Gasteiger partial charge is 0.338 e. The molecule has 6 nitrogen and oxygen atoms in total. The average Bonchev–Trinajstić information content (AvgIpc) is 2.83. The van der Waals surface area contributed by atoms with Gasteiger partial charge in [-0.05, 0) is 48.4 Å². The van der Waals surface area contributed by atoms with Gasteiger partial charge in [0.15, 0.2) is 0 Å². The van der Waals surface area contributed by atoms with Crippen molar-refractivity contribution in [2.45, 2.75) is 19.4 Å². The third-order valence-corrected chi connectivity index (χ3v) is 4.98. The van der Waals surface area contributed by atoms with Gasteiger partial charge in [-0.2, -0.15) is 0 Å². The quantitative estimate of drug-likeness (QED) is 0.410. The van der Waals surface area contributed by atoms with E-state index in [1.807, 2.05) is 55.5 Å². The molecule has 0 bridgehead atoms. The highest BCUT2D eigenvalue weighted by molar-refractivity contribution is 5.90. The lowest BCUT2D eigenvalue weighted by molar-refractivity contribution is 0.0505. The summed E-state index contributed by atoms with van der Waals surface area (Å²) >= 11 is 0. The highest BCUT2D eigenvalue weighted by Gasteiger charge is 2.20. The van der Waals surface area contributed by atoms with Gasteiger partial charge in [0.05, 0.1) is 18.2 Å². The van der Waals surface area contributed by atoms with E-state index in [2.05, 4.69) is 15.3 Å². The van der Waals surface area contributed by atoms with Crippen molar-refractivity contribution in [3.8, 4) is 5.75 Å². The number of benzene rings is 2. The van der Waals surface area contributed by atoms with Gasteiger partial charge in [0.25, 0.3) is 0 Å². The number of nitrogens with one attached hydrogen (secondary N) is 1. The number of hydrogen-bond donors (Lipinski definition) is 2. The summed E-state index contributed by atoms with van der Waals surface area (Å²) in [4.78, 5) is 20.6. The molecule has 2 N–H and O–H groups in total. The van der Waals surface area contributed by atoms with E-state index in [0.29, 0.717) is 23.3 Å². The van der Waals surface area contributed by atoms with E-state index in [4.69, 9.17) is 4.74 Å². The summed E-state index contributed by atoms with van der Waals surface area (Å²) in [6.07, 6.45) is 5.91. The standard InChI is InChI=1S/C25H23N3O3/c1-2-15-31-25(30)18-7-10-20(11-8-18)28-22(19-6-3-13-26-16-19)21-12-9-17-5-4-14-27-23(17)24(21)29/h3-14,16,22,28-29H,2,15H2,1H3/t22-/m0/s1. The predicted molar refractivity (Wildman–Crippen MR) is 120 cm³/mol. The Hall–Kier alpha value is -3.93. The van der Waals surface area contributed by atoms with Crippen molar-refractivity contribution in [1.29, 1.82) is 0 Å². The number of ether oxygens (including phenoxy) is 1. The summed E-state index contributed by atoms with van der Waals surface area (Å²) in [5.41, 5.74) is 3.41. The maximum Gasteiger partial charge on any atom is 0.338 e. The maximum absolute atomic E-state index is 12.1. The van der Waals surface area contributed by atoms with Crippen molar-refractivity contribution in [2.24, 2.45) is 0 Å². The topological polar surface area (TPSA) is 84.3 Å². The lowest BCUT2D eigenvalue weighted by atomic mass is 9.97. The van der Waals surface area contributed by atoms with E-state index in [1.54, 1.807) is 30.7 Å². The van der Waals surface area contributed by atoms with Gasteiger partial charge < -0.3 is 15.2 Å². The Bertz CT molecular complexity index is 1180. The first-order chi connectivity index (χ1) is 15.2. The Morgan fingerprint density at radius 2 is 1.87 bits per heavy atom. The molecule has 31 heavy (non-hydrogen) atoms. The number of esters is 1. The summed E-state index contributed by atoms with van der Waals surface area (Å²) in [5, 5.41) is 15.3. The molecule has 2 aromatic carbocycles. The molecule has 0 radical (unpaired) electrons. The lowest BCUT2D eigenvalue weighted by Gasteiger charge is -2.22. The van der Waals surface area contributed by atoms with Crippen LogP contribution in [0.2, 0.25) is 0 Å². The Balaban J connectivity index is 1.68. The van der Waals surface area contributed by atoms with E-state index in [0.717, 1.165) is 23.1 Å². The molecular formula is C25H23N3O3. The van der Waals surface area contributed by atoms with Crippen LogP contribution in [0.25, 0.3) is 10.9 Å². The van der Waals surface area contributed by atoms with Crippen LogP contribution in [0.1, 0.15) is 40.9 Å². The monoisotopic (exact) mass is 413 g/mol. The molecule has 2 heterocycles. The average molecular weight is 413 g/mol. The molecule has 0 aliphatic heterocycles. The zero-order valence-electron chi connectivity index (χ0n) is 17.2. The number of hydrogen-bond acceptors (Lipinski definition) is 6. The van der Waals surface area contributed by atoms with Crippen molar-refractivity contribution in [3.05, 3.63) is 95.9 Å². The molecule has 0 spiro atoms. The molecule has 156 valence electrons. The van der Waals surface area contributed by atoms with Gasteiger partial charge in [-0.25, -0.2) is 4.79 Å². The number of anilines is 1. The molecule has 0 saturated heterocycles. The highest BCUT2D eigenvalue weighted by atomic mass is 16.5. The molecule has 6 heteroatoms. The van der Waals surface area contributed by atoms with Crippen molar-refractivity contribution < 1.29 is 14.6 Å². The second kappa shape index (κ2) is 9.26. The summed E-state index contributed by atoms with van der Waals surface area (Å²) in [6, 6.07) is 18.1. The molecule has 0 saturated carbocycles. The van der Waals surface area contributed by atoms with Crippen LogP contribution in [0.5, 0.6) is 5.75 Å². The number of carbonyl (C=O) groups is 1. The van der Waals surface area contributed by atoms with Crippen molar-refractivity contribution in [1.82, 2.24) is 9.97 Å². The number of rotatable bonds is 7. The Labute approximate surface area is 180 Å². The summed E-state index contributed by atoms with van der Waals surface area (Å²) in [7, 11) is 0. The fourth-order valence-electron chi connectivity index (χ4n) is 3.41. The van der Waals surface area contributed by atoms with Gasteiger partial charge in [0, 0.05) is 35.2 Å². The number of pyridine rings is 2. The van der Waals surface area contributed by atoms with Crippen LogP contribution in [-0.2, 0) is 4.74 Å². The molecule has 1 atom stereocenters. The zero-order chi connectivity index (χ0) is 21.6. The normalized spacial score (nSPS) is 11.8. The first-order valence-electron chi connectivity index (χ1n) is 10.2. The van der Waals surface area contributed by atoms with Crippen LogP contribution in [0.4, 0.5) is 5.69 Å². The van der Waals surface area contributed by atoms with Crippen molar-refractivity contribution >= 4 is 22.6 Å². The van der Waals surface area contributed by atoms with Gasteiger partial charge in [-0.1, -0.05) is 31.2 Å². The second-order valence-corrected chi connectivity index (χ2v) is 7.16. The largest absolute Gasteiger partial charge is 0.505 e. The lowest BCUT2D eigenvalue weighted by Crippen LogP contribution is -2.13. The predicted octanol–water partition coefficient (Wildman–Crippen LogP) is 5.10. The number of carbonyl (C=O) groups excluding carboxylic acids is 1. The molecule has 4 rings (SSSR count). The van der Waals surface area contributed by atoms with E-state index in [-0.39, 0.29) is 17.8 Å². The Kier molecular flexibility index (Phi) is 6.08. The number of aromatic hydroxyl groups is 1. The molecule has 0 fully saturated rings. The SMILES string of the molecule is CCCOC(=O)c1ccc(N[C@@H](c2cccnc2)c2ccc3cccnc3c2O)cc1. The van der Waals surface area contributed by atoms with Crippen LogP contribution in [0.3, 0.4) is 0 Å². The second-order valence-electron chi connectivity index (χ2n) is 7.16. The van der Waals surface area contributed by atoms with Crippen LogP contribution in [0, 0.1) is 0 Å². The fraction of sp³-hybridized carbons (Fsp3) is 0.160. The molecule has 0 aliphatic carbocycles. The summed E-state index contributed by atoms with van der Waals surface area (Å²) in [6.45, 7) is 2.35. The van der Waals surface area contributed by atoms with Gasteiger partial charge in [-0.3, -0.25) is 9.97 Å². The number of fused-ring (bicyclic) bond motifs is 1. The van der Waals surface area contributed by atoms with Crippen LogP contribution < -0.4 is 5.32 Å². The third-order valence-electron chi connectivity index (χ3n) is 4.98. The van der Waals surface area contributed by atoms with E-state index >= 15 is 0 Å². The molecule has 0 amide bonds. The zero-order valence-corrected chi connectivity index (χ0v) is 17.2. The molecular weight excluding hydrogens is 390 g/mol. The number of aromatic nitrogens is 2. The minimum atomic E-state index is -0.363. The Morgan fingerprint density at radius 1 is 1.06 bits per heavy atom. The van der Waals surface area contributed by atoms with Crippen LogP contribution in [-0.4, -0.2) is 27.7 Å². The van der Waals surface area contributed by atoms with Gasteiger partial charge in [0.2, 0.25) is 0 Å². The van der Waals surface area contributed by atoms with E-state index in [1.165, 1.54) is 0 Å². The van der Waals surface area contributed by atoms with Crippen LogP contribution in [0.15, 0.2) is 79.3 Å². The highest BCUT2D eigenvalue weighted by Crippen LogP contribution is 2.36. The van der Waals surface area contributed by atoms with Gasteiger partial charge in [0.1, 0.15) is 11.3 Å². The third kappa shape index (κ3) is 4.48. The summed E-state index contributed by atoms with van der Waals surface area (Å²) < 4.78 is 5.19. The van der Waals surface area contributed by atoms with Crippen molar-refractivity contribution in [2.75, 3.05) is 11.9 Å². The van der Waals surface area contributed by atoms with Gasteiger partial charge in [-0.15, -0.1) is 0 Å². The van der Waals surface area contributed by atoms with Crippen molar-refractivity contribution in [3.63, 3.8) is 0 Å². The minimum Gasteiger partial charge on any atom is -0.505 e. The molecule has 0 aliphatic rings. The number of phenolic OH excluding ortho intramolecular Hbond substituents is 1. The maximum atomic E-state index is 12.1. The van der Waals surface area contributed by atoms with E-state index < -0.39 is 0 Å². The molecule has 2 aromatic heterocycles. The fourth-order valence-corrected chi connectivity index (χ4v) is 3.41. The minimum absolute atomic E-state index is 0.124. The van der Waals surface area contributed by atoms with Crippen LogP contribution >= 0.6 is 0 Å². The first-order valence-corrected chi connectivity index (χ1v) is 10.2.